The second-order valence-electron chi connectivity index (χ2n) is 2.99. The SMILES string of the molecule is Cl.Cl.FC(F)(F)/C=C/CN1CCNCC1. The van der Waals surface area contributed by atoms with Crippen LogP contribution in [0.2, 0.25) is 0 Å². The topological polar surface area (TPSA) is 15.3 Å². The summed E-state index contributed by atoms with van der Waals surface area (Å²) in [6.07, 6.45) is -2.70. The van der Waals surface area contributed by atoms with Gasteiger partial charge in [0.15, 0.2) is 0 Å². The van der Waals surface area contributed by atoms with Crippen LogP contribution in [-0.2, 0) is 0 Å². The van der Waals surface area contributed by atoms with Crippen molar-refractivity contribution >= 4 is 24.8 Å². The predicted molar refractivity (Wildman–Crippen MR) is 59.0 cm³/mol. The van der Waals surface area contributed by atoms with Crippen LogP contribution in [0.3, 0.4) is 0 Å². The number of nitrogens with one attached hydrogen (secondary N) is 1. The third-order valence-electron chi connectivity index (χ3n) is 1.88. The molecule has 1 rings (SSSR count). The summed E-state index contributed by atoms with van der Waals surface area (Å²) < 4.78 is 35.1. The molecule has 92 valence electrons. The molecule has 1 saturated heterocycles. The summed E-state index contributed by atoms with van der Waals surface area (Å²) in [7, 11) is 0. The summed E-state index contributed by atoms with van der Waals surface area (Å²) in [4.78, 5) is 1.98. The van der Waals surface area contributed by atoms with E-state index in [0.717, 1.165) is 26.2 Å². The molecule has 0 bridgehead atoms. The number of hydrogen-bond donors (Lipinski definition) is 1. The summed E-state index contributed by atoms with van der Waals surface area (Å²) in [5.41, 5.74) is 0. The molecule has 1 N–H and O–H groups in total. The standard InChI is InChI=1S/C8H13F3N2.2ClH/c9-8(10,11)2-1-5-13-6-3-12-4-7-13;;/h1-2,12H,3-7H2;2*1H/b2-1+;;. The normalized spacial score (nSPS) is 18.3. The fraction of sp³-hybridized carbons (Fsp3) is 0.750. The van der Waals surface area contributed by atoms with Gasteiger partial charge in [-0.1, -0.05) is 6.08 Å². The third-order valence-corrected chi connectivity index (χ3v) is 1.88. The first-order chi connectivity index (χ1) is 6.08. The molecule has 0 aliphatic carbocycles. The Labute approximate surface area is 99.7 Å². The maximum absolute atomic E-state index is 11.7. The average Bonchev–Trinajstić information content (AvgIpc) is 2.04. The van der Waals surface area contributed by atoms with Gasteiger partial charge in [-0.3, -0.25) is 4.90 Å². The van der Waals surface area contributed by atoms with Gasteiger partial charge < -0.3 is 5.32 Å². The van der Waals surface area contributed by atoms with E-state index < -0.39 is 6.18 Å². The molecule has 0 spiro atoms. The molecule has 0 aromatic rings. The summed E-state index contributed by atoms with van der Waals surface area (Å²) in [5.74, 6) is 0. The zero-order chi connectivity index (χ0) is 9.73. The molecule has 0 unspecified atom stereocenters. The minimum absolute atomic E-state index is 0. The molecule has 0 aromatic heterocycles. The summed E-state index contributed by atoms with van der Waals surface area (Å²) in [6, 6.07) is 0. The Morgan fingerprint density at radius 3 is 2.13 bits per heavy atom. The van der Waals surface area contributed by atoms with Gasteiger partial charge in [-0.15, -0.1) is 24.8 Å². The molecule has 1 heterocycles. The van der Waals surface area contributed by atoms with Crippen molar-refractivity contribution in [3.05, 3.63) is 12.2 Å². The van der Waals surface area contributed by atoms with Gasteiger partial charge in [0.05, 0.1) is 0 Å². The number of rotatable bonds is 2. The molecule has 0 amide bonds. The van der Waals surface area contributed by atoms with E-state index >= 15 is 0 Å². The minimum atomic E-state index is -4.17. The molecule has 0 atom stereocenters. The number of piperazine rings is 1. The van der Waals surface area contributed by atoms with Crippen LogP contribution in [0.1, 0.15) is 0 Å². The molecule has 0 radical (unpaired) electrons. The summed E-state index contributed by atoms with van der Waals surface area (Å²) in [6.45, 7) is 3.76. The largest absolute Gasteiger partial charge is 0.409 e. The Morgan fingerprint density at radius 1 is 1.13 bits per heavy atom. The zero-order valence-electron chi connectivity index (χ0n) is 8.09. The Kier molecular flexibility index (Phi) is 9.54. The van der Waals surface area contributed by atoms with Gasteiger partial charge in [0, 0.05) is 38.8 Å². The van der Waals surface area contributed by atoms with Crippen molar-refractivity contribution in [1.82, 2.24) is 10.2 Å². The van der Waals surface area contributed by atoms with E-state index in [1.807, 2.05) is 4.90 Å². The highest BCUT2D eigenvalue weighted by molar-refractivity contribution is 5.85. The minimum Gasteiger partial charge on any atom is -0.314 e. The Hall–Kier alpha value is 0.0300. The number of alkyl halides is 3. The Morgan fingerprint density at radius 2 is 1.67 bits per heavy atom. The Bertz CT molecular complexity index is 179. The predicted octanol–water partition coefficient (Wildman–Crippen LogP) is 1.85. The molecule has 1 aliphatic rings. The van der Waals surface area contributed by atoms with Crippen molar-refractivity contribution in [2.24, 2.45) is 0 Å². The molecule has 7 heteroatoms. The molecule has 0 aromatic carbocycles. The van der Waals surface area contributed by atoms with Crippen LogP contribution in [0.15, 0.2) is 12.2 Å². The van der Waals surface area contributed by atoms with Gasteiger partial charge >= 0.3 is 6.18 Å². The van der Waals surface area contributed by atoms with Gasteiger partial charge in [0.1, 0.15) is 0 Å². The molecule has 1 aliphatic heterocycles. The van der Waals surface area contributed by atoms with Gasteiger partial charge in [0.25, 0.3) is 0 Å². The lowest BCUT2D eigenvalue weighted by atomic mass is 10.3. The van der Waals surface area contributed by atoms with E-state index in [0.29, 0.717) is 12.6 Å². The van der Waals surface area contributed by atoms with Crippen LogP contribution < -0.4 is 5.32 Å². The summed E-state index contributed by atoms with van der Waals surface area (Å²) >= 11 is 0. The Balaban J connectivity index is 0. The van der Waals surface area contributed by atoms with Crippen LogP contribution in [0, 0.1) is 0 Å². The van der Waals surface area contributed by atoms with Crippen molar-refractivity contribution < 1.29 is 13.2 Å². The van der Waals surface area contributed by atoms with Crippen molar-refractivity contribution in [2.45, 2.75) is 6.18 Å². The lowest BCUT2D eigenvalue weighted by molar-refractivity contribution is -0.0801. The first kappa shape index (κ1) is 17.4. The third kappa shape index (κ3) is 8.99. The quantitative estimate of drug-likeness (QED) is 0.768. The van der Waals surface area contributed by atoms with E-state index in [4.69, 9.17) is 0 Å². The van der Waals surface area contributed by atoms with Crippen LogP contribution >= 0.6 is 24.8 Å². The van der Waals surface area contributed by atoms with Gasteiger partial charge in [-0.05, 0) is 0 Å². The molecular weight excluding hydrogens is 252 g/mol. The fourth-order valence-electron chi connectivity index (χ4n) is 1.23. The lowest BCUT2D eigenvalue weighted by Crippen LogP contribution is -2.43. The van der Waals surface area contributed by atoms with E-state index in [9.17, 15) is 13.2 Å². The summed E-state index contributed by atoms with van der Waals surface area (Å²) in [5, 5.41) is 3.13. The van der Waals surface area contributed by atoms with Crippen molar-refractivity contribution in [3.63, 3.8) is 0 Å². The van der Waals surface area contributed by atoms with E-state index in [1.165, 1.54) is 6.08 Å². The van der Waals surface area contributed by atoms with Gasteiger partial charge in [0.2, 0.25) is 0 Å². The first-order valence-corrected chi connectivity index (χ1v) is 4.25. The monoisotopic (exact) mass is 266 g/mol. The molecule has 2 nitrogen and oxygen atoms in total. The van der Waals surface area contributed by atoms with E-state index in [1.54, 1.807) is 0 Å². The smallest absolute Gasteiger partial charge is 0.314 e. The number of allylic oxidation sites excluding steroid dienone is 1. The van der Waals surface area contributed by atoms with Crippen molar-refractivity contribution in [2.75, 3.05) is 32.7 Å². The number of nitrogens with zero attached hydrogens (tertiary/aromatic N) is 1. The average molecular weight is 267 g/mol. The maximum Gasteiger partial charge on any atom is 0.409 e. The lowest BCUT2D eigenvalue weighted by Gasteiger charge is -2.25. The molecular formula is C8H15Cl2F3N2. The highest BCUT2D eigenvalue weighted by Crippen LogP contribution is 2.15. The van der Waals surface area contributed by atoms with Crippen molar-refractivity contribution in [3.8, 4) is 0 Å². The highest BCUT2D eigenvalue weighted by atomic mass is 35.5. The first-order valence-electron chi connectivity index (χ1n) is 4.25. The maximum atomic E-state index is 11.7. The molecule has 0 saturated carbocycles. The van der Waals surface area contributed by atoms with E-state index in [-0.39, 0.29) is 24.8 Å². The fourth-order valence-corrected chi connectivity index (χ4v) is 1.23. The van der Waals surface area contributed by atoms with Crippen LogP contribution in [-0.4, -0.2) is 43.8 Å². The van der Waals surface area contributed by atoms with E-state index in [2.05, 4.69) is 5.32 Å². The number of halogens is 5. The zero-order valence-corrected chi connectivity index (χ0v) is 9.72. The van der Waals surface area contributed by atoms with Crippen LogP contribution in [0.5, 0.6) is 0 Å². The molecule has 1 fully saturated rings. The molecule has 15 heavy (non-hydrogen) atoms. The number of hydrogen-bond acceptors (Lipinski definition) is 2. The van der Waals surface area contributed by atoms with Crippen LogP contribution in [0.25, 0.3) is 0 Å². The second kappa shape index (κ2) is 8.21. The highest BCUT2D eigenvalue weighted by Gasteiger charge is 2.21. The van der Waals surface area contributed by atoms with Crippen molar-refractivity contribution in [1.29, 1.82) is 0 Å². The second-order valence-corrected chi connectivity index (χ2v) is 2.99. The van der Waals surface area contributed by atoms with Gasteiger partial charge in [-0.2, -0.15) is 13.2 Å². The van der Waals surface area contributed by atoms with Gasteiger partial charge in [-0.25, -0.2) is 0 Å². The van der Waals surface area contributed by atoms with Crippen LogP contribution in [0.4, 0.5) is 13.2 Å².